The van der Waals surface area contributed by atoms with Crippen molar-refractivity contribution >= 4 is 11.5 Å². The van der Waals surface area contributed by atoms with E-state index in [-0.39, 0.29) is 0 Å². The molecule has 0 atom stereocenters. The van der Waals surface area contributed by atoms with E-state index in [0.29, 0.717) is 18.8 Å². The molecule has 1 rings (SSSR count). The van der Waals surface area contributed by atoms with E-state index in [1.165, 1.54) is 0 Å². The summed E-state index contributed by atoms with van der Waals surface area (Å²) in [5.41, 5.74) is 6.28. The van der Waals surface area contributed by atoms with E-state index in [9.17, 15) is 0 Å². The van der Waals surface area contributed by atoms with E-state index in [1.54, 1.807) is 12.3 Å². The monoisotopic (exact) mass is 162 g/mol. The molecule has 62 valence electrons. The number of nitrogens with two attached hydrogens (primary N) is 1. The van der Waals surface area contributed by atoms with Crippen LogP contribution in [-0.2, 0) is 0 Å². The fraction of sp³-hybridized carbons (Fsp3) is 0.250. The normalized spacial score (nSPS) is 8.92. The Labute approximate surface area is 71.0 Å². The first kappa shape index (κ1) is 8.34. The quantitative estimate of drug-likeness (QED) is 0.650. The van der Waals surface area contributed by atoms with Crippen LogP contribution in [0.25, 0.3) is 0 Å². The highest BCUT2D eigenvalue weighted by Crippen LogP contribution is 2.06. The summed E-state index contributed by atoms with van der Waals surface area (Å²) in [4.78, 5) is 3.89. The number of rotatable bonds is 3. The molecule has 0 aliphatic rings. The van der Waals surface area contributed by atoms with Gasteiger partial charge in [0.1, 0.15) is 5.82 Å². The Balaban J connectivity index is 2.43. The standard InChI is InChI=1S/C8H10N4/c9-4-1-5-11-7-2-3-8(10)12-6-7/h2-3,6,11H,1,5H2,(H2,10,12). The summed E-state index contributed by atoms with van der Waals surface area (Å²) < 4.78 is 0. The third-order valence-corrected chi connectivity index (χ3v) is 1.35. The number of nitrogen functional groups attached to an aromatic ring is 1. The van der Waals surface area contributed by atoms with E-state index in [0.717, 1.165) is 5.69 Å². The van der Waals surface area contributed by atoms with Gasteiger partial charge in [-0.3, -0.25) is 0 Å². The van der Waals surface area contributed by atoms with Crippen molar-refractivity contribution in [1.29, 1.82) is 5.26 Å². The smallest absolute Gasteiger partial charge is 0.123 e. The number of nitriles is 1. The lowest BCUT2D eigenvalue weighted by Crippen LogP contribution is -2.00. The summed E-state index contributed by atoms with van der Waals surface area (Å²) in [6.07, 6.45) is 2.14. The molecule has 1 aromatic rings. The third kappa shape index (κ3) is 2.46. The SMILES string of the molecule is N#CCCNc1ccc(N)nc1. The number of hydrogen-bond donors (Lipinski definition) is 2. The number of nitrogens with one attached hydrogen (secondary N) is 1. The van der Waals surface area contributed by atoms with Gasteiger partial charge in [-0.05, 0) is 12.1 Å². The molecule has 0 saturated carbocycles. The van der Waals surface area contributed by atoms with Crippen LogP contribution in [-0.4, -0.2) is 11.5 Å². The summed E-state index contributed by atoms with van der Waals surface area (Å²) in [5, 5.41) is 11.3. The van der Waals surface area contributed by atoms with Gasteiger partial charge in [-0.15, -0.1) is 0 Å². The topological polar surface area (TPSA) is 74.7 Å². The molecule has 3 N–H and O–H groups in total. The Morgan fingerprint density at radius 1 is 1.58 bits per heavy atom. The zero-order valence-corrected chi connectivity index (χ0v) is 6.62. The van der Waals surface area contributed by atoms with E-state index in [1.807, 2.05) is 12.1 Å². The Morgan fingerprint density at radius 3 is 3.00 bits per heavy atom. The van der Waals surface area contributed by atoms with Gasteiger partial charge in [0.25, 0.3) is 0 Å². The largest absolute Gasteiger partial charge is 0.384 e. The summed E-state index contributed by atoms with van der Waals surface area (Å²) in [5.74, 6) is 0.501. The average molecular weight is 162 g/mol. The zero-order valence-electron chi connectivity index (χ0n) is 6.62. The van der Waals surface area contributed by atoms with Crippen LogP contribution in [0.2, 0.25) is 0 Å². The molecule has 0 aliphatic heterocycles. The highest BCUT2D eigenvalue weighted by molar-refractivity contribution is 5.45. The van der Waals surface area contributed by atoms with Gasteiger partial charge < -0.3 is 11.1 Å². The van der Waals surface area contributed by atoms with Crippen molar-refractivity contribution in [2.24, 2.45) is 0 Å². The van der Waals surface area contributed by atoms with Crippen LogP contribution in [0.4, 0.5) is 11.5 Å². The van der Waals surface area contributed by atoms with E-state index < -0.39 is 0 Å². The number of anilines is 2. The summed E-state index contributed by atoms with van der Waals surface area (Å²) in [6, 6.07) is 5.59. The maximum Gasteiger partial charge on any atom is 0.123 e. The van der Waals surface area contributed by atoms with Crippen molar-refractivity contribution in [2.75, 3.05) is 17.6 Å². The lowest BCUT2D eigenvalue weighted by atomic mass is 10.4. The molecule has 0 bridgehead atoms. The predicted octanol–water partition coefficient (Wildman–Crippen LogP) is 0.989. The van der Waals surface area contributed by atoms with Gasteiger partial charge in [-0.1, -0.05) is 0 Å². The average Bonchev–Trinajstić information content (AvgIpc) is 2.09. The van der Waals surface area contributed by atoms with Crippen LogP contribution in [0, 0.1) is 11.3 Å². The van der Waals surface area contributed by atoms with Crippen LogP contribution < -0.4 is 11.1 Å². The molecule has 4 nitrogen and oxygen atoms in total. The molecular weight excluding hydrogens is 152 g/mol. The van der Waals surface area contributed by atoms with Gasteiger partial charge in [0.2, 0.25) is 0 Å². The van der Waals surface area contributed by atoms with Gasteiger partial charge in [0.05, 0.1) is 24.4 Å². The molecule has 0 spiro atoms. The molecule has 0 amide bonds. The molecule has 1 aromatic heterocycles. The molecule has 1 heterocycles. The molecule has 0 aromatic carbocycles. The Bertz CT molecular complexity index is 272. The predicted molar refractivity (Wildman–Crippen MR) is 47.4 cm³/mol. The number of aromatic nitrogens is 1. The molecule has 0 saturated heterocycles. The van der Waals surface area contributed by atoms with Crippen LogP contribution in [0.15, 0.2) is 18.3 Å². The van der Waals surface area contributed by atoms with Crippen molar-refractivity contribution in [3.8, 4) is 6.07 Å². The van der Waals surface area contributed by atoms with E-state index in [2.05, 4.69) is 10.3 Å². The second-order valence-corrected chi connectivity index (χ2v) is 2.31. The second kappa shape index (κ2) is 4.19. The number of pyridine rings is 1. The number of nitrogens with zero attached hydrogens (tertiary/aromatic N) is 2. The molecule has 0 fully saturated rings. The van der Waals surface area contributed by atoms with Gasteiger partial charge in [0.15, 0.2) is 0 Å². The van der Waals surface area contributed by atoms with Gasteiger partial charge in [-0.25, -0.2) is 4.98 Å². The Kier molecular flexibility index (Phi) is 2.91. The van der Waals surface area contributed by atoms with E-state index >= 15 is 0 Å². The minimum atomic E-state index is 0.490. The van der Waals surface area contributed by atoms with Crippen molar-refractivity contribution in [3.05, 3.63) is 18.3 Å². The minimum Gasteiger partial charge on any atom is -0.384 e. The van der Waals surface area contributed by atoms with E-state index in [4.69, 9.17) is 11.0 Å². The van der Waals surface area contributed by atoms with Gasteiger partial charge >= 0.3 is 0 Å². The lowest BCUT2D eigenvalue weighted by molar-refractivity contribution is 1.07. The van der Waals surface area contributed by atoms with Gasteiger partial charge in [0, 0.05) is 6.54 Å². The zero-order chi connectivity index (χ0) is 8.81. The molecular formula is C8H10N4. The number of hydrogen-bond acceptors (Lipinski definition) is 4. The van der Waals surface area contributed by atoms with Crippen molar-refractivity contribution < 1.29 is 0 Å². The summed E-state index contributed by atoms with van der Waals surface area (Å²) >= 11 is 0. The van der Waals surface area contributed by atoms with Crippen LogP contribution in [0.1, 0.15) is 6.42 Å². The maximum atomic E-state index is 8.26. The van der Waals surface area contributed by atoms with Crippen LogP contribution >= 0.6 is 0 Å². The van der Waals surface area contributed by atoms with Gasteiger partial charge in [-0.2, -0.15) is 5.26 Å². The third-order valence-electron chi connectivity index (χ3n) is 1.35. The molecule has 0 radical (unpaired) electrons. The van der Waals surface area contributed by atoms with Crippen molar-refractivity contribution in [1.82, 2.24) is 4.98 Å². The first-order chi connectivity index (χ1) is 5.83. The minimum absolute atomic E-state index is 0.490. The highest BCUT2D eigenvalue weighted by atomic mass is 14.9. The molecule has 0 aliphatic carbocycles. The van der Waals surface area contributed by atoms with Crippen molar-refractivity contribution in [2.45, 2.75) is 6.42 Å². The first-order valence-corrected chi connectivity index (χ1v) is 3.65. The van der Waals surface area contributed by atoms with Crippen molar-refractivity contribution in [3.63, 3.8) is 0 Å². The molecule has 0 unspecified atom stereocenters. The Morgan fingerprint density at radius 2 is 2.42 bits per heavy atom. The lowest BCUT2D eigenvalue weighted by Gasteiger charge is -2.01. The molecule has 4 heteroatoms. The summed E-state index contributed by atoms with van der Waals surface area (Å²) in [7, 11) is 0. The second-order valence-electron chi connectivity index (χ2n) is 2.31. The molecule has 12 heavy (non-hydrogen) atoms. The highest BCUT2D eigenvalue weighted by Gasteiger charge is 1.90. The van der Waals surface area contributed by atoms with Crippen LogP contribution in [0.5, 0.6) is 0 Å². The van der Waals surface area contributed by atoms with Crippen LogP contribution in [0.3, 0.4) is 0 Å². The fourth-order valence-electron chi connectivity index (χ4n) is 0.773. The fourth-order valence-corrected chi connectivity index (χ4v) is 0.773. The maximum absolute atomic E-state index is 8.26. The first-order valence-electron chi connectivity index (χ1n) is 3.65. The Hall–Kier alpha value is -1.76. The summed E-state index contributed by atoms with van der Waals surface area (Å²) in [6.45, 7) is 0.641.